The van der Waals surface area contributed by atoms with Crippen LogP contribution in [0.2, 0.25) is 0 Å². The van der Waals surface area contributed by atoms with Gasteiger partial charge >= 0.3 is 0 Å². The van der Waals surface area contributed by atoms with E-state index in [1.54, 1.807) is 34.0 Å². The number of carbonyl (C=O) groups is 2. The largest absolute Gasteiger partial charge is 0.508 e. The van der Waals surface area contributed by atoms with Gasteiger partial charge in [-0.25, -0.2) is 8.78 Å². The van der Waals surface area contributed by atoms with E-state index in [0.29, 0.717) is 12.1 Å². The highest BCUT2D eigenvalue weighted by Gasteiger charge is 2.46. The van der Waals surface area contributed by atoms with Crippen LogP contribution in [0.5, 0.6) is 5.75 Å². The lowest BCUT2D eigenvalue weighted by Crippen LogP contribution is -2.59. The average Bonchev–Trinajstić information content (AvgIpc) is 3.07. The number of nitrogens with zero attached hydrogens (tertiary/aromatic N) is 4. The molecule has 4 rings (SSSR count). The first-order valence-corrected chi connectivity index (χ1v) is 8.59. The number of likely N-dealkylation sites (tertiary alicyclic amines) is 1. The molecule has 9 heteroatoms. The van der Waals surface area contributed by atoms with E-state index in [0.717, 1.165) is 10.6 Å². The fourth-order valence-corrected chi connectivity index (χ4v) is 3.53. The molecule has 0 radical (unpaired) electrons. The molecule has 2 aliphatic rings. The molecule has 0 spiro atoms. The fraction of sp³-hybridized carbons (Fsp3) is 0.389. The van der Waals surface area contributed by atoms with Crippen LogP contribution < -0.4 is 0 Å². The fourth-order valence-electron chi connectivity index (χ4n) is 3.53. The summed E-state index contributed by atoms with van der Waals surface area (Å²) >= 11 is 0. The SMILES string of the molecule is O=C(C[C@@H]1CN(C(=O)c2cccc(O)c2)Cc2ccnn21)N1CC(F)(F)C1. The summed E-state index contributed by atoms with van der Waals surface area (Å²) in [5, 5.41) is 13.8. The molecular formula is C18H18F2N4O3. The van der Waals surface area contributed by atoms with Gasteiger partial charge in [-0.1, -0.05) is 6.07 Å². The van der Waals surface area contributed by atoms with E-state index in [2.05, 4.69) is 5.10 Å². The van der Waals surface area contributed by atoms with Gasteiger partial charge in [0.05, 0.1) is 37.8 Å². The number of hydrogen-bond donors (Lipinski definition) is 1. The maximum absolute atomic E-state index is 13.0. The van der Waals surface area contributed by atoms with Gasteiger partial charge in [0, 0.05) is 18.3 Å². The van der Waals surface area contributed by atoms with E-state index in [1.165, 1.54) is 12.1 Å². The Morgan fingerprint density at radius 3 is 2.70 bits per heavy atom. The topological polar surface area (TPSA) is 78.7 Å². The van der Waals surface area contributed by atoms with Gasteiger partial charge in [0.15, 0.2) is 0 Å². The normalized spacial score (nSPS) is 20.7. The van der Waals surface area contributed by atoms with Crippen LogP contribution in [-0.4, -0.2) is 62.1 Å². The molecule has 142 valence electrons. The van der Waals surface area contributed by atoms with Crippen molar-refractivity contribution in [2.24, 2.45) is 0 Å². The molecule has 0 bridgehead atoms. The molecule has 2 aliphatic heterocycles. The van der Waals surface area contributed by atoms with Gasteiger partial charge in [-0.2, -0.15) is 5.10 Å². The molecule has 0 unspecified atom stereocenters. The number of alkyl halides is 2. The van der Waals surface area contributed by atoms with Gasteiger partial charge in [0.25, 0.3) is 11.8 Å². The Morgan fingerprint density at radius 2 is 2.00 bits per heavy atom. The number of phenolic OH excluding ortho intramolecular Hbond substituents is 1. The second kappa shape index (κ2) is 6.33. The van der Waals surface area contributed by atoms with Crippen LogP contribution >= 0.6 is 0 Å². The molecular weight excluding hydrogens is 358 g/mol. The number of rotatable bonds is 3. The summed E-state index contributed by atoms with van der Waals surface area (Å²) in [5.74, 6) is -3.46. The molecule has 1 aromatic heterocycles. The summed E-state index contributed by atoms with van der Waals surface area (Å²) in [6.07, 6.45) is 1.58. The van der Waals surface area contributed by atoms with Gasteiger partial charge in [0.1, 0.15) is 5.75 Å². The van der Waals surface area contributed by atoms with Crippen LogP contribution in [0.4, 0.5) is 8.78 Å². The minimum absolute atomic E-state index is 0.00538. The lowest BCUT2D eigenvalue weighted by Gasteiger charge is -2.40. The summed E-state index contributed by atoms with van der Waals surface area (Å²) in [6.45, 7) is -0.562. The Morgan fingerprint density at radius 1 is 1.22 bits per heavy atom. The molecule has 1 N–H and O–H groups in total. The third-order valence-electron chi connectivity index (χ3n) is 4.87. The van der Waals surface area contributed by atoms with Crippen LogP contribution in [0.25, 0.3) is 0 Å². The zero-order chi connectivity index (χ0) is 19.2. The third kappa shape index (κ3) is 3.36. The molecule has 1 aromatic carbocycles. The highest BCUT2D eigenvalue weighted by atomic mass is 19.3. The number of hydrogen-bond acceptors (Lipinski definition) is 4. The number of amides is 2. The van der Waals surface area contributed by atoms with Gasteiger partial charge in [0.2, 0.25) is 5.91 Å². The molecule has 0 aliphatic carbocycles. The predicted octanol–water partition coefficient (Wildman–Crippen LogP) is 1.65. The first-order valence-electron chi connectivity index (χ1n) is 8.59. The van der Waals surface area contributed by atoms with Crippen molar-refractivity contribution in [3.63, 3.8) is 0 Å². The first kappa shape index (κ1) is 17.4. The predicted molar refractivity (Wildman–Crippen MR) is 90.3 cm³/mol. The maximum Gasteiger partial charge on any atom is 0.282 e. The molecule has 3 heterocycles. The minimum atomic E-state index is -2.81. The van der Waals surface area contributed by atoms with Crippen LogP contribution in [-0.2, 0) is 11.3 Å². The highest BCUT2D eigenvalue weighted by Crippen LogP contribution is 2.30. The zero-order valence-corrected chi connectivity index (χ0v) is 14.4. The van der Waals surface area contributed by atoms with Crippen molar-refractivity contribution in [2.75, 3.05) is 19.6 Å². The van der Waals surface area contributed by atoms with Gasteiger partial charge in [-0.05, 0) is 24.3 Å². The Bertz CT molecular complexity index is 890. The number of carbonyl (C=O) groups excluding carboxylic acids is 2. The van der Waals surface area contributed by atoms with Crippen molar-refractivity contribution in [1.29, 1.82) is 0 Å². The lowest BCUT2D eigenvalue weighted by atomic mass is 10.0. The van der Waals surface area contributed by atoms with Crippen molar-refractivity contribution in [3.05, 3.63) is 47.8 Å². The molecule has 27 heavy (non-hydrogen) atoms. The second-order valence-corrected chi connectivity index (χ2v) is 6.97. The van der Waals surface area contributed by atoms with Gasteiger partial charge in [-0.3, -0.25) is 14.3 Å². The molecule has 0 saturated carbocycles. The van der Waals surface area contributed by atoms with Gasteiger partial charge < -0.3 is 14.9 Å². The molecule has 7 nitrogen and oxygen atoms in total. The van der Waals surface area contributed by atoms with E-state index < -0.39 is 25.1 Å². The molecule has 1 fully saturated rings. The smallest absolute Gasteiger partial charge is 0.282 e. The second-order valence-electron chi connectivity index (χ2n) is 6.97. The minimum Gasteiger partial charge on any atom is -0.508 e. The molecule has 2 aromatic rings. The number of aromatic nitrogens is 2. The standard InChI is InChI=1S/C18H18F2N4O3/c19-18(20)10-23(11-18)16(26)7-14-9-22(8-13-4-5-21-24(13)14)17(27)12-2-1-3-15(25)6-12/h1-6,14,25H,7-11H2/t14-/m1/s1. The third-order valence-corrected chi connectivity index (χ3v) is 4.87. The quantitative estimate of drug-likeness (QED) is 0.884. The summed E-state index contributed by atoms with van der Waals surface area (Å²) in [7, 11) is 0. The Hall–Kier alpha value is -2.97. The highest BCUT2D eigenvalue weighted by molar-refractivity contribution is 5.94. The Labute approximate surface area is 153 Å². The summed E-state index contributed by atoms with van der Waals surface area (Å²) < 4.78 is 27.7. The average molecular weight is 376 g/mol. The van der Waals surface area contributed by atoms with Gasteiger partial charge in [-0.15, -0.1) is 0 Å². The van der Waals surface area contributed by atoms with Crippen LogP contribution in [0.1, 0.15) is 28.5 Å². The monoisotopic (exact) mass is 376 g/mol. The van der Waals surface area contributed by atoms with Crippen molar-refractivity contribution in [3.8, 4) is 5.75 Å². The van der Waals surface area contributed by atoms with Crippen molar-refractivity contribution < 1.29 is 23.5 Å². The number of fused-ring (bicyclic) bond motifs is 1. The van der Waals surface area contributed by atoms with Crippen molar-refractivity contribution >= 4 is 11.8 Å². The lowest BCUT2D eigenvalue weighted by molar-refractivity contribution is -0.166. The maximum atomic E-state index is 13.0. The number of phenols is 1. The van der Waals surface area contributed by atoms with E-state index in [4.69, 9.17) is 0 Å². The van der Waals surface area contributed by atoms with Crippen molar-refractivity contribution in [2.45, 2.75) is 24.9 Å². The van der Waals surface area contributed by atoms with Crippen molar-refractivity contribution in [1.82, 2.24) is 19.6 Å². The van der Waals surface area contributed by atoms with Crippen LogP contribution in [0.15, 0.2) is 36.5 Å². The number of halogens is 2. The summed E-state index contributed by atoms with van der Waals surface area (Å²) in [4.78, 5) is 27.8. The Kier molecular flexibility index (Phi) is 4.09. The van der Waals surface area contributed by atoms with Crippen LogP contribution in [0.3, 0.4) is 0 Å². The first-order chi connectivity index (χ1) is 12.8. The zero-order valence-electron chi connectivity index (χ0n) is 14.4. The molecule has 1 atom stereocenters. The van der Waals surface area contributed by atoms with E-state index >= 15 is 0 Å². The molecule has 2 amide bonds. The summed E-state index contributed by atoms with van der Waals surface area (Å²) in [6, 6.07) is 7.39. The van der Waals surface area contributed by atoms with Crippen LogP contribution in [0, 0.1) is 0 Å². The van der Waals surface area contributed by atoms with E-state index in [-0.39, 0.29) is 30.5 Å². The molecule has 1 saturated heterocycles. The number of aromatic hydroxyl groups is 1. The Balaban J connectivity index is 1.51. The van der Waals surface area contributed by atoms with E-state index in [1.807, 2.05) is 0 Å². The number of benzene rings is 1. The van der Waals surface area contributed by atoms with E-state index in [9.17, 15) is 23.5 Å². The summed E-state index contributed by atoms with van der Waals surface area (Å²) in [5.41, 5.74) is 1.11.